The van der Waals surface area contributed by atoms with Gasteiger partial charge in [-0.15, -0.1) is 0 Å². The van der Waals surface area contributed by atoms with Gasteiger partial charge in [0.05, 0.1) is 16.5 Å². The molecule has 0 saturated carbocycles. The Morgan fingerprint density at radius 3 is 2.46 bits per heavy atom. The lowest BCUT2D eigenvalue weighted by atomic mass is 10.0. The van der Waals surface area contributed by atoms with Crippen molar-refractivity contribution in [3.05, 3.63) is 53.1 Å². The van der Waals surface area contributed by atoms with Crippen LogP contribution in [0.3, 0.4) is 0 Å². The monoisotopic (exact) mass is 441 g/mol. The first-order valence-electron chi connectivity index (χ1n) is 8.25. The summed E-state index contributed by atoms with van der Waals surface area (Å²) < 4.78 is 26.1. The molecule has 10 heteroatoms. The lowest BCUT2D eigenvalue weighted by Gasteiger charge is -2.31. The van der Waals surface area contributed by atoms with E-state index in [-0.39, 0.29) is 21.4 Å². The molecule has 1 aliphatic heterocycles. The zero-order valence-electron chi connectivity index (χ0n) is 15.5. The van der Waals surface area contributed by atoms with Gasteiger partial charge in [-0.25, -0.2) is 17.7 Å². The van der Waals surface area contributed by atoms with Crippen LogP contribution in [0.1, 0.15) is 5.56 Å². The van der Waals surface area contributed by atoms with Gasteiger partial charge in [0.2, 0.25) is 10.0 Å². The molecule has 2 aromatic carbocycles. The van der Waals surface area contributed by atoms with Crippen LogP contribution in [0.5, 0.6) is 5.75 Å². The van der Waals surface area contributed by atoms with Crippen molar-refractivity contribution in [2.24, 2.45) is 4.99 Å². The van der Waals surface area contributed by atoms with Crippen molar-refractivity contribution in [3.8, 4) is 5.75 Å². The Morgan fingerprint density at radius 2 is 1.86 bits per heavy atom. The molecule has 0 aliphatic carbocycles. The van der Waals surface area contributed by atoms with E-state index in [1.54, 1.807) is 30.1 Å². The second-order valence-electron chi connectivity index (χ2n) is 6.51. The number of hydrogen-bond acceptors (Lipinski definition) is 6. The van der Waals surface area contributed by atoms with Gasteiger partial charge < -0.3 is 15.1 Å². The van der Waals surface area contributed by atoms with E-state index in [2.05, 4.69) is 4.99 Å². The van der Waals surface area contributed by atoms with Crippen molar-refractivity contribution in [3.63, 3.8) is 0 Å². The van der Waals surface area contributed by atoms with Gasteiger partial charge in [0.1, 0.15) is 10.6 Å². The molecule has 0 aromatic heterocycles. The van der Waals surface area contributed by atoms with Crippen LogP contribution in [0.15, 0.2) is 52.4 Å². The number of aromatic hydroxyl groups is 1. The van der Waals surface area contributed by atoms with Crippen LogP contribution in [0.25, 0.3) is 0 Å². The van der Waals surface area contributed by atoms with E-state index in [0.717, 1.165) is 4.31 Å². The Kier molecular flexibility index (Phi) is 5.66. The second kappa shape index (κ2) is 7.57. The number of aliphatic hydroxyl groups is 1. The predicted octanol–water partition coefficient (Wildman–Crippen LogP) is 2.81. The lowest BCUT2D eigenvalue weighted by Crippen LogP contribution is -2.42. The van der Waals surface area contributed by atoms with Crippen molar-refractivity contribution < 1.29 is 18.6 Å². The number of phenolic OH excluding ortho intramolecular Hbond substituents is 1. The van der Waals surface area contributed by atoms with Gasteiger partial charge >= 0.3 is 0 Å². The number of sulfonamides is 1. The van der Waals surface area contributed by atoms with E-state index >= 15 is 0 Å². The Hall–Kier alpha value is -1.78. The minimum Gasteiger partial charge on any atom is -0.508 e. The normalized spacial score (nSPS) is 21.6. The number of hydrogen-bond donors (Lipinski definition) is 2. The highest BCUT2D eigenvalue weighted by Gasteiger charge is 2.43. The van der Waals surface area contributed by atoms with E-state index in [9.17, 15) is 18.6 Å². The molecular weight excluding hydrogens is 422 g/mol. The van der Waals surface area contributed by atoms with E-state index in [1.807, 2.05) is 0 Å². The Labute approximate surface area is 173 Å². The molecular formula is C18H20ClN3O4S2. The van der Waals surface area contributed by atoms with Crippen LogP contribution < -0.4 is 0 Å². The number of halogens is 1. The number of phenols is 1. The molecule has 2 N–H and O–H groups in total. The zero-order valence-corrected chi connectivity index (χ0v) is 17.9. The van der Waals surface area contributed by atoms with Crippen molar-refractivity contribution in [1.82, 2.24) is 9.21 Å². The highest BCUT2D eigenvalue weighted by atomic mass is 35.5. The molecule has 1 fully saturated rings. The van der Waals surface area contributed by atoms with Crippen molar-refractivity contribution >= 4 is 44.2 Å². The zero-order chi connectivity index (χ0) is 20.7. The number of nitrogens with zero attached hydrogens (tertiary/aromatic N) is 3. The standard InChI is InChI=1S/C18H20ClN3O4S2/c1-21(2)28(25,26)16-10-12(4-9-15(16)19)18(24)11-27-17(22(18)3)20-13-5-7-14(23)8-6-13/h4-10,23-24H,11H2,1-3H3. The largest absolute Gasteiger partial charge is 0.508 e. The molecule has 1 unspecified atom stereocenters. The van der Waals surface area contributed by atoms with Gasteiger partial charge in [0.15, 0.2) is 10.9 Å². The summed E-state index contributed by atoms with van der Waals surface area (Å²) in [4.78, 5) is 6.03. The summed E-state index contributed by atoms with van der Waals surface area (Å²) >= 11 is 7.46. The average molecular weight is 442 g/mol. The third-order valence-corrected chi connectivity index (χ3v) is 7.94. The van der Waals surface area contributed by atoms with Gasteiger partial charge in [-0.2, -0.15) is 0 Å². The summed E-state index contributed by atoms with van der Waals surface area (Å²) in [5, 5.41) is 21.3. The lowest BCUT2D eigenvalue weighted by molar-refractivity contribution is -0.0349. The maximum Gasteiger partial charge on any atom is 0.244 e. The van der Waals surface area contributed by atoms with Gasteiger partial charge in [0, 0.05) is 26.7 Å². The first-order valence-corrected chi connectivity index (χ1v) is 11.1. The van der Waals surface area contributed by atoms with Gasteiger partial charge in [0.25, 0.3) is 0 Å². The van der Waals surface area contributed by atoms with Crippen LogP contribution in [0, 0.1) is 0 Å². The predicted molar refractivity (Wildman–Crippen MR) is 112 cm³/mol. The summed E-state index contributed by atoms with van der Waals surface area (Å²) in [5.74, 6) is 0.410. The van der Waals surface area contributed by atoms with Crippen molar-refractivity contribution in [1.29, 1.82) is 0 Å². The summed E-state index contributed by atoms with van der Waals surface area (Å²) in [7, 11) is 0.777. The fourth-order valence-electron chi connectivity index (χ4n) is 2.69. The number of thioether (sulfide) groups is 1. The summed E-state index contributed by atoms with van der Waals surface area (Å²) in [6.07, 6.45) is 0. The van der Waals surface area contributed by atoms with Crippen molar-refractivity contribution in [2.45, 2.75) is 10.6 Å². The second-order valence-corrected chi connectivity index (χ2v) is 9.98. The molecule has 7 nitrogen and oxygen atoms in total. The maximum absolute atomic E-state index is 12.5. The average Bonchev–Trinajstić information content (AvgIpc) is 2.93. The van der Waals surface area contributed by atoms with Crippen molar-refractivity contribution in [2.75, 3.05) is 26.9 Å². The topological polar surface area (TPSA) is 93.4 Å². The Balaban J connectivity index is 1.99. The summed E-state index contributed by atoms with van der Waals surface area (Å²) in [5.41, 5.74) is -0.409. The van der Waals surface area contributed by atoms with Crippen LogP contribution in [-0.2, 0) is 15.7 Å². The van der Waals surface area contributed by atoms with E-state index in [1.165, 1.54) is 50.1 Å². The number of aliphatic imine (C=N–C) groups is 1. The smallest absolute Gasteiger partial charge is 0.244 e. The van der Waals surface area contributed by atoms with Crippen LogP contribution in [-0.4, -0.2) is 59.9 Å². The summed E-state index contributed by atoms with van der Waals surface area (Å²) in [6.45, 7) is 0. The molecule has 150 valence electrons. The molecule has 0 bridgehead atoms. The molecule has 1 saturated heterocycles. The van der Waals surface area contributed by atoms with Gasteiger partial charge in [-0.3, -0.25) is 0 Å². The SMILES string of the molecule is CN1C(=Nc2ccc(O)cc2)SCC1(O)c1ccc(Cl)c(S(=O)(=O)N(C)C)c1. The van der Waals surface area contributed by atoms with Crippen LogP contribution in [0.2, 0.25) is 5.02 Å². The molecule has 0 radical (unpaired) electrons. The minimum atomic E-state index is -3.76. The molecule has 3 rings (SSSR count). The van der Waals surface area contributed by atoms with E-state index < -0.39 is 15.7 Å². The molecule has 28 heavy (non-hydrogen) atoms. The first kappa shape index (κ1) is 20.9. The maximum atomic E-state index is 12.5. The Morgan fingerprint density at radius 1 is 1.21 bits per heavy atom. The summed E-state index contributed by atoms with van der Waals surface area (Å²) in [6, 6.07) is 10.9. The number of benzene rings is 2. The van der Waals surface area contributed by atoms with Gasteiger partial charge in [-0.05, 0) is 36.4 Å². The minimum absolute atomic E-state index is 0.0626. The van der Waals surface area contributed by atoms with Crippen LogP contribution in [0.4, 0.5) is 5.69 Å². The third-order valence-electron chi connectivity index (χ3n) is 4.47. The first-order chi connectivity index (χ1) is 13.1. The Bertz CT molecular complexity index is 1030. The van der Waals surface area contributed by atoms with Gasteiger partial charge in [-0.1, -0.05) is 29.4 Å². The molecule has 0 amide bonds. The fraction of sp³-hybridized carbons (Fsp3) is 0.278. The molecule has 1 atom stereocenters. The molecule has 0 spiro atoms. The van der Waals surface area contributed by atoms with E-state index in [4.69, 9.17) is 11.6 Å². The highest BCUT2D eigenvalue weighted by molar-refractivity contribution is 8.14. The van der Waals surface area contributed by atoms with Crippen LogP contribution >= 0.6 is 23.4 Å². The molecule has 2 aromatic rings. The fourth-order valence-corrected chi connectivity index (χ4v) is 5.28. The molecule has 1 aliphatic rings. The quantitative estimate of drug-likeness (QED) is 0.757. The van der Waals surface area contributed by atoms with E-state index in [0.29, 0.717) is 16.4 Å². The third kappa shape index (κ3) is 3.72. The highest BCUT2D eigenvalue weighted by Crippen LogP contribution is 2.40. The number of amidine groups is 1. The number of rotatable bonds is 4. The molecule has 1 heterocycles.